The van der Waals surface area contributed by atoms with Crippen molar-refractivity contribution in [2.45, 2.75) is 45.1 Å². The largest absolute Gasteiger partial charge is 0.355 e. The highest BCUT2D eigenvalue weighted by atomic mass is 127. The fraction of sp³-hybridized carbons (Fsp3) is 0.875. The molecule has 0 aromatic carbocycles. The number of aliphatic imine (C=N–C) groups is 1. The minimum absolute atomic E-state index is 0. The summed E-state index contributed by atoms with van der Waals surface area (Å²) in [4.78, 5) is 18.3. The topological polar surface area (TPSA) is 68.8 Å². The molecular formula is C16H32IN5O. The maximum Gasteiger partial charge on any atom is 0.223 e. The summed E-state index contributed by atoms with van der Waals surface area (Å²) in [6, 6.07) is 0.500. The fourth-order valence-corrected chi connectivity index (χ4v) is 2.86. The van der Waals surface area contributed by atoms with Crippen LogP contribution in [-0.2, 0) is 4.79 Å². The SMILES string of the molecule is CCCN1CCC(NC(=NC)NCCNC(=O)C2CC2)CC1.I. The van der Waals surface area contributed by atoms with Gasteiger partial charge in [-0.3, -0.25) is 9.79 Å². The molecule has 1 saturated carbocycles. The van der Waals surface area contributed by atoms with Crippen LogP contribution in [0.1, 0.15) is 39.0 Å². The summed E-state index contributed by atoms with van der Waals surface area (Å²) < 4.78 is 0. The van der Waals surface area contributed by atoms with Crippen LogP contribution in [0.15, 0.2) is 4.99 Å². The molecule has 1 amide bonds. The Kier molecular flexibility index (Phi) is 9.85. The van der Waals surface area contributed by atoms with Gasteiger partial charge >= 0.3 is 0 Å². The highest BCUT2D eigenvalue weighted by molar-refractivity contribution is 14.0. The van der Waals surface area contributed by atoms with E-state index in [4.69, 9.17) is 0 Å². The second-order valence-corrected chi connectivity index (χ2v) is 6.32. The van der Waals surface area contributed by atoms with E-state index in [2.05, 4.69) is 32.8 Å². The molecule has 0 bridgehead atoms. The van der Waals surface area contributed by atoms with Crippen molar-refractivity contribution in [3.63, 3.8) is 0 Å². The molecule has 0 atom stereocenters. The lowest BCUT2D eigenvalue weighted by Gasteiger charge is -2.32. The summed E-state index contributed by atoms with van der Waals surface area (Å²) in [5, 5.41) is 9.73. The molecule has 2 fully saturated rings. The van der Waals surface area contributed by atoms with Gasteiger partial charge in [0.1, 0.15) is 0 Å². The van der Waals surface area contributed by atoms with Crippen LogP contribution in [0.25, 0.3) is 0 Å². The molecule has 23 heavy (non-hydrogen) atoms. The Balaban J connectivity index is 0.00000264. The molecule has 0 aromatic heterocycles. The van der Waals surface area contributed by atoms with Crippen molar-refractivity contribution in [3.05, 3.63) is 0 Å². The van der Waals surface area contributed by atoms with Gasteiger partial charge in [0.05, 0.1) is 0 Å². The molecule has 0 unspecified atom stereocenters. The Bertz CT molecular complexity index is 379. The maximum absolute atomic E-state index is 11.5. The Hall–Kier alpha value is -0.570. The van der Waals surface area contributed by atoms with Crippen LogP contribution in [0.2, 0.25) is 0 Å². The van der Waals surface area contributed by atoms with Gasteiger partial charge in [-0.2, -0.15) is 0 Å². The van der Waals surface area contributed by atoms with E-state index in [-0.39, 0.29) is 35.8 Å². The van der Waals surface area contributed by atoms with Crippen molar-refractivity contribution in [3.8, 4) is 0 Å². The zero-order chi connectivity index (χ0) is 15.8. The zero-order valence-electron chi connectivity index (χ0n) is 14.4. The van der Waals surface area contributed by atoms with Gasteiger partial charge in [0.2, 0.25) is 5.91 Å². The molecule has 134 valence electrons. The van der Waals surface area contributed by atoms with Crippen molar-refractivity contribution < 1.29 is 4.79 Å². The van der Waals surface area contributed by atoms with Crippen LogP contribution in [0.5, 0.6) is 0 Å². The standard InChI is InChI=1S/C16H31N5O.HI/c1-3-10-21-11-6-14(7-12-21)20-16(17-2)19-9-8-18-15(22)13-4-5-13;/h13-14H,3-12H2,1-2H3,(H,18,22)(H2,17,19,20);1H. The van der Waals surface area contributed by atoms with E-state index in [1.807, 2.05) is 0 Å². The van der Waals surface area contributed by atoms with Crippen LogP contribution in [0.4, 0.5) is 0 Å². The van der Waals surface area contributed by atoms with Gasteiger partial charge in [-0.05, 0) is 38.6 Å². The Labute approximate surface area is 157 Å². The second kappa shape index (κ2) is 11.1. The summed E-state index contributed by atoms with van der Waals surface area (Å²) in [6.07, 6.45) is 5.67. The molecule has 1 aliphatic heterocycles. The first-order valence-corrected chi connectivity index (χ1v) is 8.70. The minimum Gasteiger partial charge on any atom is -0.355 e. The average molecular weight is 437 g/mol. The molecule has 1 aliphatic carbocycles. The molecule has 0 aromatic rings. The Morgan fingerprint density at radius 2 is 1.78 bits per heavy atom. The number of likely N-dealkylation sites (tertiary alicyclic amines) is 1. The van der Waals surface area contributed by atoms with Gasteiger partial charge in [-0.25, -0.2) is 0 Å². The predicted octanol–water partition coefficient (Wildman–Crippen LogP) is 1.17. The van der Waals surface area contributed by atoms with Crippen LogP contribution >= 0.6 is 24.0 Å². The van der Waals surface area contributed by atoms with E-state index in [0.29, 0.717) is 19.1 Å². The highest BCUT2D eigenvalue weighted by Gasteiger charge is 2.29. The number of halogens is 1. The number of piperidine rings is 1. The monoisotopic (exact) mass is 437 g/mol. The first kappa shape index (κ1) is 20.5. The summed E-state index contributed by atoms with van der Waals surface area (Å²) in [5.41, 5.74) is 0. The van der Waals surface area contributed by atoms with E-state index in [9.17, 15) is 4.79 Å². The third-order valence-electron chi connectivity index (χ3n) is 4.36. The lowest BCUT2D eigenvalue weighted by Crippen LogP contribution is -2.49. The number of carbonyl (C=O) groups excluding carboxylic acids is 1. The van der Waals surface area contributed by atoms with Gasteiger partial charge in [-0.15, -0.1) is 24.0 Å². The van der Waals surface area contributed by atoms with Crippen molar-refractivity contribution in [2.24, 2.45) is 10.9 Å². The first-order valence-electron chi connectivity index (χ1n) is 8.70. The quantitative estimate of drug-likeness (QED) is 0.242. The Morgan fingerprint density at radius 3 is 2.35 bits per heavy atom. The smallest absolute Gasteiger partial charge is 0.223 e. The van der Waals surface area contributed by atoms with Gasteiger partial charge in [0.15, 0.2) is 5.96 Å². The summed E-state index contributed by atoms with van der Waals surface area (Å²) in [6.45, 7) is 7.15. The van der Waals surface area contributed by atoms with Crippen molar-refractivity contribution in [2.75, 3.05) is 39.8 Å². The molecule has 1 heterocycles. The number of guanidine groups is 1. The number of nitrogens with zero attached hydrogens (tertiary/aromatic N) is 2. The number of hydrogen-bond donors (Lipinski definition) is 3. The molecule has 6 nitrogen and oxygen atoms in total. The van der Waals surface area contributed by atoms with Crippen LogP contribution in [-0.4, -0.2) is 62.6 Å². The van der Waals surface area contributed by atoms with E-state index >= 15 is 0 Å². The van der Waals surface area contributed by atoms with Gasteiger partial charge in [0, 0.05) is 45.2 Å². The number of amides is 1. The zero-order valence-corrected chi connectivity index (χ0v) is 16.8. The Morgan fingerprint density at radius 1 is 1.13 bits per heavy atom. The molecular weight excluding hydrogens is 405 g/mol. The molecule has 0 spiro atoms. The summed E-state index contributed by atoms with van der Waals surface area (Å²) in [7, 11) is 1.80. The van der Waals surface area contributed by atoms with Crippen molar-refractivity contribution >= 4 is 35.8 Å². The van der Waals surface area contributed by atoms with Crippen molar-refractivity contribution in [1.82, 2.24) is 20.9 Å². The molecule has 1 saturated heterocycles. The molecule has 2 rings (SSSR count). The second-order valence-electron chi connectivity index (χ2n) is 6.32. The maximum atomic E-state index is 11.5. The molecule has 2 aliphatic rings. The number of rotatable bonds is 7. The lowest BCUT2D eigenvalue weighted by atomic mass is 10.1. The highest BCUT2D eigenvalue weighted by Crippen LogP contribution is 2.28. The van der Waals surface area contributed by atoms with E-state index in [1.54, 1.807) is 7.05 Å². The summed E-state index contributed by atoms with van der Waals surface area (Å²) in [5.74, 6) is 1.33. The third kappa shape index (κ3) is 7.69. The molecule has 3 N–H and O–H groups in total. The van der Waals surface area contributed by atoms with Gasteiger partial charge in [-0.1, -0.05) is 6.92 Å². The number of nitrogens with one attached hydrogen (secondary N) is 3. The van der Waals surface area contributed by atoms with Crippen molar-refractivity contribution in [1.29, 1.82) is 0 Å². The first-order chi connectivity index (χ1) is 10.7. The average Bonchev–Trinajstić information content (AvgIpc) is 3.37. The van der Waals surface area contributed by atoms with Gasteiger partial charge in [0.25, 0.3) is 0 Å². The number of hydrogen-bond acceptors (Lipinski definition) is 3. The number of carbonyl (C=O) groups is 1. The molecule has 0 radical (unpaired) electrons. The molecule has 7 heteroatoms. The van der Waals surface area contributed by atoms with Crippen LogP contribution in [0.3, 0.4) is 0 Å². The van der Waals surface area contributed by atoms with E-state index < -0.39 is 0 Å². The fourth-order valence-electron chi connectivity index (χ4n) is 2.86. The van der Waals surface area contributed by atoms with E-state index in [1.165, 1.54) is 38.9 Å². The van der Waals surface area contributed by atoms with Crippen LogP contribution in [0, 0.1) is 5.92 Å². The van der Waals surface area contributed by atoms with E-state index in [0.717, 1.165) is 18.8 Å². The summed E-state index contributed by atoms with van der Waals surface area (Å²) >= 11 is 0. The van der Waals surface area contributed by atoms with Crippen LogP contribution < -0.4 is 16.0 Å². The normalized spacial score (nSPS) is 19.8. The van der Waals surface area contributed by atoms with Gasteiger partial charge < -0.3 is 20.9 Å². The predicted molar refractivity (Wildman–Crippen MR) is 105 cm³/mol. The lowest BCUT2D eigenvalue weighted by molar-refractivity contribution is -0.122. The minimum atomic E-state index is 0. The third-order valence-corrected chi connectivity index (χ3v) is 4.36.